The summed E-state index contributed by atoms with van der Waals surface area (Å²) in [6.07, 6.45) is 1.71. The Morgan fingerprint density at radius 3 is 2.10 bits per heavy atom. The minimum Gasteiger partial charge on any atom is -0.288 e. The normalized spacial score (nSPS) is 12.6. The molecule has 0 amide bonds. The fourth-order valence-electron chi connectivity index (χ4n) is 3.89. The van der Waals surface area contributed by atoms with E-state index in [4.69, 9.17) is 0 Å². The van der Waals surface area contributed by atoms with E-state index in [1.54, 1.807) is 12.3 Å². The monoisotopic (exact) mass is 401 g/mol. The van der Waals surface area contributed by atoms with Gasteiger partial charge in [0.1, 0.15) is 11.3 Å². The van der Waals surface area contributed by atoms with Gasteiger partial charge in [0.05, 0.1) is 10.4 Å². The number of hydrogen-bond acceptors (Lipinski definition) is 3. The zero-order valence-corrected chi connectivity index (χ0v) is 18.4. The number of pyridine rings is 1. The number of nitro benzene ring substituents is 1. The number of benzene rings is 2. The van der Waals surface area contributed by atoms with Crippen LogP contribution in [0.3, 0.4) is 0 Å². The Morgan fingerprint density at radius 1 is 0.867 bits per heavy atom. The topological polar surface area (TPSA) is 61.0 Å². The second kappa shape index (κ2) is 6.66. The molecule has 0 fully saturated rings. The van der Waals surface area contributed by atoms with Crippen molar-refractivity contribution in [2.75, 3.05) is 0 Å². The Morgan fingerprint density at radius 2 is 1.53 bits per heavy atom. The fourth-order valence-corrected chi connectivity index (χ4v) is 3.89. The lowest BCUT2D eigenvalue weighted by molar-refractivity contribution is -0.383. The molecular weight excluding hydrogens is 374 g/mol. The van der Waals surface area contributed by atoms with E-state index in [1.807, 2.05) is 22.8 Å². The fraction of sp³-hybridized carbons (Fsp3) is 0.320. The summed E-state index contributed by atoms with van der Waals surface area (Å²) in [5.41, 5.74) is 3.53. The molecule has 0 unspecified atom stereocenters. The SMILES string of the molecule is CC(C)(C)c1ccc2c(c1)c1cc(C(C)(C)C)cc([N+](=O)[O-])c1n2-c1ccccn1. The molecule has 0 aliphatic rings. The van der Waals surface area contributed by atoms with Gasteiger partial charge in [0.2, 0.25) is 0 Å². The predicted molar refractivity (Wildman–Crippen MR) is 123 cm³/mol. The van der Waals surface area contributed by atoms with E-state index in [2.05, 4.69) is 70.8 Å². The van der Waals surface area contributed by atoms with Crippen molar-refractivity contribution in [3.63, 3.8) is 0 Å². The van der Waals surface area contributed by atoms with Crippen LogP contribution in [-0.2, 0) is 10.8 Å². The van der Waals surface area contributed by atoms with E-state index < -0.39 is 0 Å². The van der Waals surface area contributed by atoms with E-state index in [1.165, 1.54) is 5.56 Å². The van der Waals surface area contributed by atoms with E-state index in [0.29, 0.717) is 11.3 Å². The molecule has 0 radical (unpaired) electrons. The average Bonchev–Trinajstić information content (AvgIpc) is 3.00. The molecule has 0 aliphatic carbocycles. The third-order valence-electron chi connectivity index (χ3n) is 5.65. The number of rotatable bonds is 2. The Bertz CT molecular complexity index is 1270. The van der Waals surface area contributed by atoms with Gasteiger partial charge in [-0.3, -0.25) is 14.7 Å². The van der Waals surface area contributed by atoms with Crippen LogP contribution in [0.5, 0.6) is 0 Å². The molecule has 2 heterocycles. The van der Waals surface area contributed by atoms with E-state index >= 15 is 0 Å². The highest BCUT2D eigenvalue weighted by molar-refractivity contribution is 6.12. The highest BCUT2D eigenvalue weighted by Gasteiger charge is 2.27. The number of non-ortho nitro benzene ring substituents is 1. The van der Waals surface area contributed by atoms with Gasteiger partial charge in [-0.2, -0.15) is 0 Å². The van der Waals surface area contributed by atoms with Crippen molar-refractivity contribution in [2.45, 2.75) is 52.4 Å². The van der Waals surface area contributed by atoms with Gasteiger partial charge in [-0.1, -0.05) is 53.7 Å². The first kappa shape index (κ1) is 20.1. The van der Waals surface area contributed by atoms with E-state index in [0.717, 1.165) is 21.9 Å². The average molecular weight is 402 g/mol. The van der Waals surface area contributed by atoms with Gasteiger partial charge in [0.25, 0.3) is 5.69 Å². The Kier molecular flexibility index (Phi) is 4.46. The van der Waals surface area contributed by atoms with Crippen LogP contribution in [-0.4, -0.2) is 14.5 Å². The summed E-state index contributed by atoms with van der Waals surface area (Å²) in [5, 5.41) is 14.1. The second-order valence-corrected chi connectivity index (χ2v) is 9.90. The van der Waals surface area contributed by atoms with Crippen molar-refractivity contribution in [3.8, 4) is 5.82 Å². The minimum absolute atomic E-state index is 0.0266. The van der Waals surface area contributed by atoms with Crippen molar-refractivity contribution in [1.29, 1.82) is 0 Å². The maximum atomic E-state index is 12.2. The Balaban J connectivity index is 2.25. The van der Waals surface area contributed by atoms with Crippen LogP contribution < -0.4 is 0 Å². The van der Waals surface area contributed by atoms with Gasteiger partial charge in [-0.15, -0.1) is 0 Å². The molecule has 0 aliphatic heterocycles. The second-order valence-electron chi connectivity index (χ2n) is 9.90. The molecule has 5 heteroatoms. The maximum Gasteiger partial charge on any atom is 0.294 e. The van der Waals surface area contributed by atoms with Gasteiger partial charge < -0.3 is 0 Å². The predicted octanol–water partition coefficient (Wildman–Crippen LogP) is 6.68. The molecule has 2 aromatic carbocycles. The third kappa shape index (κ3) is 3.24. The molecular formula is C25H27N3O2. The summed E-state index contributed by atoms with van der Waals surface area (Å²) in [4.78, 5) is 16.4. The van der Waals surface area contributed by atoms with Crippen LogP contribution in [0.2, 0.25) is 0 Å². The Hall–Kier alpha value is -3.21. The van der Waals surface area contributed by atoms with Crippen LogP contribution in [0.15, 0.2) is 54.7 Å². The molecule has 2 aromatic heterocycles. The third-order valence-corrected chi connectivity index (χ3v) is 5.65. The van der Waals surface area contributed by atoms with Crippen LogP contribution >= 0.6 is 0 Å². The zero-order chi connectivity index (χ0) is 21.8. The molecule has 30 heavy (non-hydrogen) atoms. The quantitative estimate of drug-likeness (QED) is 0.278. The van der Waals surface area contributed by atoms with Gasteiger partial charge >= 0.3 is 0 Å². The van der Waals surface area contributed by atoms with Crippen LogP contribution in [0.1, 0.15) is 52.7 Å². The standard InChI is InChI=1S/C25H27N3O2/c1-24(2,3)16-10-11-20-18(13-16)19-14-17(25(4,5)6)15-21(28(29)30)23(19)27(20)22-9-7-8-12-26-22/h7-15H,1-6H3. The van der Waals surface area contributed by atoms with Crippen molar-refractivity contribution >= 4 is 27.5 Å². The molecule has 0 N–H and O–H groups in total. The highest BCUT2D eigenvalue weighted by Crippen LogP contribution is 2.41. The molecule has 0 atom stereocenters. The smallest absolute Gasteiger partial charge is 0.288 e. The molecule has 0 spiro atoms. The van der Waals surface area contributed by atoms with Crippen molar-refractivity contribution < 1.29 is 4.92 Å². The lowest BCUT2D eigenvalue weighted by Gasteiger charge is -2.19. The molecule has 5 nitrogen and oxygen atoms in total. The first-order valence-electron chi connectivity index (χ1n) is 10.2. The van der Waals surface area contributed by atoms with E-state index in [-0.39, 0.29) is 21.4 Å². The first-order chi connectivity index (χ1) is 14.0. The summed E-state index contributed by atoms with van der Waals surface area (Å²) >= 11 is 0. The maximum absolute atomic E-state index is 12.2. The summed E-state index contributed by atoms with van der Waals surface area (Å²) < 4.78 is 1.92. The number of nitro groups is 1. The summed E-state index contributed by atoms with van der Waals surface area (Å²) in [5.74, 6) is 0.674. The molecule has 0 saturated carbocycles. The minimum atomic E-state index is -0.277. The number of aromatic nitrogens is 2. The Labute approximate surface area is 176 Å². The number of hydrogen-bond donors (Lipinski definition) is 0. The first-order valence-corrected chi connectivity index (χ1v) is 10.2. The number of nitrogens with zero attached hydrogens (tertiary/aromatic N) is 3. The lowest BCUT2D eigenvalue weighted by Crippen LogP contribution is -2.11. The molecule has 154 valence electrons. The molecule has 4 aromatic rings. The summed E-state index contributed by atoms with van der Waals surface area (Å²) in [6.45, 7) is 12.8. The lowest BCUT2D eigenvalue weighted by atomic mass is 9.84. The molecule has 0 saturated heterocycles. The summed E-state index contributed by atoms with van der Waals surface area (Å²) in [7, 11) is 0. The highest BCUT2D eigenvalue weighted by atomic mass is 16.6. The van der Waals surface area contributed by atoms with E-state index in [9.17, 15) is 10.1 Å². The van der Waals surface area contributed by atoms with Crippen LogP contribution in [0, 0.1) is 10.1 Å². The summed E-state index contributed by atoms with van der Waals surface area (Å²) in [6, 6.07) is 15.8. The van der Waals surface area contributed by atoms with Crippen LogP contribution in [0.4, 0.5) is 5.69 Å². The zero-order valence-electron chi connectivity index (χ0n) is 18.4. The largest absolute Gasteiger partial charge is 0.294 e. The van der Waals surface area contributed by atoms with Gasteiger partial charge in [0, 0.05) is 23.0 Å². The van der Waals surface area contributed by atoms with Crippen molar-refractivity contribution in [1.82, 2.24) is 9.55 Å². The number of fused-ring (bicyclic) bond motifs is 3. The van der Waals surface area contributed by atoms with Gasteiger partial charge in [-0.25, -0.2) is 4.98 Å². The molecule has 4 rings (SSSR count). The molecule has 0 bridgehead atoms. The van der Waals surface area contributed by atoms with Crippen molar-refractivity contribution in [2.24, 2.45) is 0 Å². The van der Waals surface area contributed by atoms with Gasteiger partial charge in [0.15, 0.2) is 0 Å². The van der Waals surface area contributed by atoms with Crippen LogP contribution in [0.25, 0.3) is 27.6 Å². The van der Waals surface area contributed by atoms with Crippen molar-refractivity contribution in [3.05, 3.63) is 76.0 Å². The van der Waals surface area contributed by atoms with Gasteiger partial charge in [-0.05, 0) is 52.3 Å².